The van der Waals surface area contributed by atoms with Crippen molar-refractivity contribution in [2.45, 2.75) is 13.8 Å². The third kappa shape index (κ3) is 4.74. The van der Waals surface area contributed by atoms with Crippen molar-refractivity contribution in [3.05, 3.63) is 70.5 Å². The third-order valence-corrected chi connectivity index (χ3v) is 4.10. The molecule has 0 aliphatic heterocycles. The molecule has 3 rings (SSSR count). The van der Waals surface area contributed by atoms with E-state index in [1.165, 1.54) is 7.11 Å². The molecule has 1 aromatic heterocycles. The molecule has 7 heteroatoms. The number of esters is 1. The zero-order valence-corrected chi connectivity index (χ0v) is 16.0. The summed E-state index contributed by atoms with van der Waals surface area (Å²) in [6, 6.07) is 14.4. The Hall–Kier alpha value is -3.12. The molecule has 27 heavy (non-hydrogen) atoms. The molecule has 0 aliphatic carbocycles. The monoisotopic (exact) mass is 382 g/mol. The number of ether oxygens (including phenoxy) is 1. The molecular formula is C20H19ClN4O2. The van der Waals surface area contributed by atoms with Crippen LogP contribution in [0.3, 0.4) is 0 Å². The van der Waals surface area contributed by atoms with Crippen LogP contribution in [0.25, 0.3) is 0 Å². The molecule has 0 spiro atoms. The van der Waals surface area contributed by atoms with E-state index in [4.69, 9.17) is 16.3 Å². The second-order valence-corrected chi connectivity index (χ2v) is 6.40. The van der Waals surface area contributed by atoms with Crippen molar-refractivity contribution in [3.63, 3.8) is 0 Å². The fraction of sp³-hybridized carbons (Fsp3) is 0.150. The molecule has 0 radical (unpaired) electrons. The number of aromatic nitrogens is 2. The van der Waals surface area contributed by atoms with Crippen LogP contribution in [0.15, 0.2) is 48.5 Å². The second-order valence-electron chi connectivity index (χ2n) is 5.96. The third-order valence-electron chi connectivity index (χ3n) is 3.87. The number of nitrogens with zero attached hydrogens (tertiary/aromatic N) is 2. The summed E-state index contributed by atoms with van der Waals surface area (Å²) in [6.45, 7) is 3.80. The number of hydrogen-bond donors (Lipinski definition) is 2. The summed E-state index contributed by atoms with van der Waals surface area (Å²) in [5, 5.41) is 7.19. The standard InChI is InChI=1S/C20H19ClN4O2/c1-12-10-15(21)6-9-17(12)25-19-11-18(22-13(2)23-19)24-16-7-4-14(5-8-16)20(26)27-3/h4-11H,1-3H3,(H2,22,23,24,25). The molecule has 0 fully saturated rings. The summed E-state index contributed by atoms with van der Waals surface area (Å²) in [7, 11) is 1.36. The van der Waals surface area contributed by atoms with Gasteiger partial charge in [0.15, 0.2) is 0 Å². The van der Waals surface area contributed by atoms with Crippen LogP contribution >= 0.6 is 11.6 Å². The van der Waals surface area contributed by atoms with E-state index in [1.807, 2.05) is 38.1 Å². The molecule has 0 aliphatic rings. The zero-order chi connectivity index (χ0) is 19.4. The number of carbonyl (C=O) groups is 1. The number of carbonyl (C=O) groups excluding carboxylic acids is 1. The van der Waals surface area contributed by atoms with E-state index < -0.39 is 0 Å². The van der Waals surface area contributed by atoms with Gasteiger partial charge < -0.3 is 15.4 Å². The highest BCUT2D eigenvalue weighted by Gasteiger charge is 2.07. The number of aryl methyl sites for hydroxylation is 2. The molecule has 3 aromatic rings. The molecular weight excluding hydrogens is 364 g/mol. The molecule has 0 amide bonds. The summed E-state index contributed by atoms with van der Waals surface area (Å²) >= 11 is 6.01. The molecule has 6 nitrogen and oxygen atoms in total. The number of benzene rings is 2. The van der Waals surface area contributed by atoms with Crippen molar-refractivity contribution < 1.29 is 9.53 Å². The first-order valence-electron chi connectivity index (χ1n) is 8.29. The van der Waals surface area contributed by atoms with E-state index >= 15 is 0 Å². The van der Waals surface area contributed by atoms with Gasteiger partial charge in [-0.25, -0.2) is 14.8 Å². The second kappa shape index (κ2) is 8.05. The van der Waals surface area contributed by atoms with Gasteiger partial charge in [-0.1, -0.05) is 11.6 Å². The maximum atomic E-state index is 11.5. The average molecular weight is 383 g/mol. The van der Waals surface area contributed by atoms with Gasteiger partial charge in [-0.3, -0.25) is 0 Å². The predicted molar refractivity (Wildman–Crippen MR) is 107 cm³/mol. The lowest BCUT2D eigenvalue weighted by atomic mass is 10.2. The minimum atomic E-state index is -0.371. The Morgan fingerprint density at radius 1 is 0.963 bits per heavy atom. The zero-order valence-electron chi connectivity index (χ0n) is 15.2. The summed E-state index contributed by atoms with van der Waals surface area (Å²) in [6.07, 6.45) is 0. The lowest BCUT2D eigenvalue weighted by molar-refractivity contribution is 0.0601. The predicted octanol–water partition coefficient (Wildman–Crippen LogP) is 5.02. The van der Waals surface area contributed by atoms with Crippen molar-refractivity contribution in [3.8, 4) is 0 Å². The quantitative estimate of drug-likeness (QED) is 0.603. The molecule has 1 heterocycles. The molecule has 0 bridgehead atoms. The van der Waals surface area contributed by atoms with E-state index in [9.17, 15) is 4.79 Å². The van der Waals surface area contributed by atoms with Gasteiger partial charge in [-0.05, 0) is 61.9 Å². The van der Waals surface area contributed by atoms with Gasteiger partial charge in [-0.2, -0.15) is 0 Å². The van der Waals surface area contributed by atoms with Gasteiger partial charge in [0.2, 0.25) is 0 Å². The van der Waals surface area contributed by atoms with Crippen LogP contribution in [-0.4, -0.2) is 23.0 Å². The normalized spacial score (nSPS) is 10.4. The minimum Gasteiger partial charge on any atom is -0.465 e. The van der Waals surface area contributed by atoms with E-state index in [-0.39, 0.29) is 5.97 Å². The van der Waals surface area contributed by atoms with Crippen LogP contribution < -0.4 is 10.6 Å². The van der Waals surface area contributed by atoms with Crippen LogP contribution in [0.1, 0.15) is 21.7 Å². The maximum absolute atomic E-state index is 11.5. The molecule has 2 aromatic carbocycles. The summed E-state index contributed by atoms with van der Waals surface area (Å²) in [5.41, 5.74) is 3.23. The first-order valence-corrected chi connectivity index (χ1v) is 8.66. The number of rotatable bonds is 5. The van der Waals surface area contributed by atoms with Crippen molar-refractivity contribution >= 4 is 40.6 Å². The van der Waals surface area contributed by atoms with Gasteiger partial charge in [0.25, 0.3) is 0 Å². The van der Waals surface area contributed by atoms with Crippen LogP contribution in [0.2, 0.25) is 5.02 Å². The molecule has 138 valence electrons. The summed E-state index contributed by atoms with van der Waals surface area (Å²) in [4.78, 5) is 20.3. The topological polar surface area (TPSA) is 76.1 Å². The first-order chi connectivity index (χ1) is 12.9. The largest absolute Gasteiger partial charge is 0.465 e. The molecule has 0 atom stereocenters. The number of anilines is 4. The Morgan fingerprint density at radius 2 is 1.63 bits per heavy atom. The number of hydrogen-bond acceptors (Lipinski definition) is 6. The Labute approximate surface area is 162 Å². The lowest BCUT2D eigenvalue weighted by Crippen LogP contribution is -2.03. The van der Waals surface area contributed by atoms with Crippen LogP contribution in [0.4, 0.5) is 23.0 Å². The molecule has 0 unspecified atom stereocenters. The average Bonchev–Trinajstić information content (AvgIpc) is 2.63. The fourth-order valence-corrected chi connectivity index (χ4v) is 2.78. The highest BCUT2D eigenvalue weighted by molar-refractivity contribution is 6.30. The van der Waals surface area contributed by atoms with Gasteiger partial charge in [0.05, 0.1) is 12.7 Å². The first kappa shape index (κ1) is 18.7. The molecule has 0 saturated heterocycles. The van der Waals surface area contributed by atoms with Gasteiger partial charge >= 0.3 is 5.97 Å². The van der Waals surface area contributed by atoms with Crippen LogP contribution in [-0.2, 0) is 4.74 Å². The van der Waals surface area contributed by atoms with Gasteiger partial charge in [0, 0.05) is 22.5 Å². The Kier molecular flexibility index (Phi) is 5.57. The summed E-state index contributed by atoms with van der Waals surface area (Å²) in [5.74, 6) is 1.56. The Balaban J connectivity index is 1.79. The lowest BCUT2D eigenvalue weighted by Gasteiger charge is -2.12. The number of methoxy groups -OCH3 is 1. The van der Waals surface area contributed by atoms with Gasteiger partial charge in [0.1, 0.15) is 17.5 Å². The Morgan fingerprint density at radius 3 is 2.26 bits per heavy atom. The van der Waals surface area contributed by atoms with Crippen LogP contribution in [0, 0.1) is 13.8 Å². The number of nitrogens with one attached hydrogen (secondary N) is 2. The highest BCUT2D eigenvalue weighted by atomic mass is 35.5. The Bertz CT molecular complexity index is 974. The van der Waals surface area contributed by atoms with Crippen molar-refractivity contribution in [1.29, 1.82) is 0 Å². The number of halogens is 1. The SMILES string of the molecule is COC(=O)c1ccc(Nc2cc(Nc3ccc(Cl)cc3C)nc(C)n2)cc1. The van der Waals surface area contributed by atoms with Crippen molar-refractivity contribution in [1.82, 2.24) is 9.97 Å². The van der Waals surface area contributed by atoms with Crippen LogP contribution in [0.5, 0.6) is 0 Å². The van der Waals surface area contributed by atoms with Crippen molar-refractivity contribution in [2.75, 3.05) is 17.7 Å². The van der Waals surface area contributed by atoms with E-state index in [0.29, 0.717) is 28.0 Å². The summed E-state index contributed by atoms with van der Waals surface area (Å²) < 4.78 is 4.70. The molecule has 2 N–H and O–H groups in total. The van der Waals surface area contributed by atoms with Crippen molar-refractivity contribution in [2.24, 2.45) is 0 Å². The highest BCUT2D eigenvalue weighted by Crippen LogP contribution is 2.24. The molecule has 0 saturated carbocycles. The van der Waals surface area contributed by atoms with E-state index in [2.05, 4.69) is 20.6 Å². The van der Waals surface area contributed by atoms with E-state index in [1.54, 1.807) is 24.3 Å². The fourth-order valence-electron chi connectivity index (χ4n) is 2.56. The maximum Gasteiger partial charge on any atom is 0.337 e. The smallest absolute Gasteiger partial charge is 0.337 e. The minimum absolute atomic E-state index is 0.371. The van der Waals surface area contributed by atoms with Gasteiger partial charge in [-0.15, -0.1) is 0 Å². The van der Waals surface area contributed by atoms with E-state index in [0.717, 1.165) is 16.9 Å².